The highest BCUT2D eigenvalue weighted by Gasteiger charge is 2.33. The van der Waals surface area contributed by atoms with Gasteiger partial charge in [-0.25, -0.2) is 0 Å². The molecule has 0 radical (unpaired) electrons. The SMILES string of the molecule is Cc1ccccc1SCc1ccc(N)cc1C(F)(F)F. The van der Waals surface area contributed by atoms with Crippen LogP contribution in [0.1, 0.15) is 16.7 Å². The molecule has 2 N–H and O–H groups in total. The molecule has 0 aliphatic carbocycles. The maximum absolute atomic E-state index is 13.0. The molecule has 0 aromatic heterocycles. The van der Waals surface area contributed by atoms with Crippen LogP contribution in [0.25, 0.3) is 0 Å². The van der Waals surface area contributed by atoms with E-state index >= 15 is 0 Å². The molecule has 0 atom stereocenters. The van der Waals surface area contributed by atoms with Crippen LogP contribution in [0.5, 0.6) is 0 Å². The molecule has 0 aliphatic heterocycles. The molecule has 0 unspecified atom stereocenters. The second-order valence-electron chi connectivity index (χ2n) is 4.47. The lowest BCUT2D eigenvalue weighted by Gasteiger charge is -2.14. The van der Waals surface area contributed by atoms with E-state index in [4.69, 9.17) is 5.73 Å². The van der Waals surface area contributed by atoms with Gasteiger partial charge < -0.3 is 5.73 Å². The van der Waals surface area contributed by atoms with Gasteiger partial charge in [-0.2, -0.15) is 13.2 Å². The van der Waals surface area contributed by atoms with E-state index in [0.717, 1.165) is 16.5 Å². The Morgan fingerprint density at radius 1 is 1.10 bits per heavy atom. The Labute approximate surface area is 120 Å². The summed E-state index contributed by atoms with van der Waals surface area (Å²) in [6, 6.07) is 11.6. The van der Waals surface area contributed by atoms with Crippen molar-refractivity contribution in [3.63, 3.8) is 0 Å². The summed E-state index contributed by atoms with van der Waals surface area (Å²) in [4.78, 5) is 0.984. The molecule has 5 heteroatoms. The Kier molecular flexibility index (Phi) is 4.28. The van der Waals surface area contributed by atoms with Gasteiger partial charge in [0.05, 0.1) is 5.56 Å². The number of rotatable bonds is 3. The fraction of sp³-hybridized carbons (Fsp3) is 0.200. The zero-order valence-corrected chi connectivity index (χ0v) is 11.7. The van der Waals surface area contributed by atoms with E-state index in [1.54, 1.807) is 0 Å². The smallest absolute Gasteiger partial charge is 0.399 e. The van der Waals surface area contributed by atoms with Crippen LogP contribution in [0.15, 0.2) is 47.4 Å². The fourth-order valence-electron chi connectivity index (χ4n) is 1.86. The molecule has 0 amide bonds. The first kappa shape index (κ1) is 14.8. The zero-order valence-electron chi connectivity index (χ0n) is 10.9. The summed E-state index contributed by atoms with van der Waals surface area (Å²) in [7, 11) is 0. The number of halogens is 3. The molecule has 0 bridgehead atoms. The number of benzene rings is 2. The number of aryl methyl sites for hydroxylation is 1. The molecule has 2 aromatic carbocycles. The minimum absolute atomic E-state index is 0.127. The molecule has 2 aromatic rings. The average molecular weight is 297 g/mol. The lowest BCUT2D eigenvalue weighted by Crippen LogP contribution is -2.09. The van der Waals surface area contributed by atoms with Gasteiger partial charge in [0.2, 0.25) is 0 Å². The quantitative estimate of drug-likeness (QED) is 0.645. The van der Waals surface area contributed by atoms with Crippen molar-refractivity contribution in [3.05, 3.63) is 59.2 Å². The first-order valence-corrected chi connectivity index (χ1v) is 7.00. The van der Waals surface area contributed by atoms with Crippen LogP contribution in [-0.4, -0.2) is 0 Å². The number of hydrogen-bond donors (Lipinski definition) is 1. The molecule has 20 heavy (non-hydrogen) atoms. The lowest BCUT2D eigenvalue weighted by atomic mass is 10.1. The number of alkyl halides is 3. The second kappa shape index (κ2) is 5.79. The highest BCUT2D eigenvalue weighted by Crippen LogP contribution is 2.36. The Hall–Kier alpha value is -1.62. The molecule has 106 valence electrons. The predicted octanol–water partition coefficient (Wildman–Crippen LogP) is 4.89. The van der Waals surface area contributed by atoms with Crippen LogP contribution >= 0.6 is 11.8 Å². The van der Waals surface area contributed by atoms with E-state index in [-0.39, 0.29) is 17.0 Å². The zero-order chi connectivity index (χ0) is 14.8. The van der Waals surface area contributed by atoms with Crippen LogP contribution < -0.4 is 5.73 Å². The van der Waals surface area contributed by atoms with Crippen LogP contribution in [-0.2, 0) is 11.9 Å². The normalized spacial score (nSPS) is 11.6. The number of thioether (sulfide) groups is 1. The van der Waals surface area contributed by atoms with Crippen molar-refractivity contribution >= 4 is 17.4 Å². The Bertz CT molecular complexity index is 608. The Morgan fingerprint density at radius 2 is 1.80 bits per heavy atom. The summed E-state index contributed by atoms with van der Waals surface area (Å²) in [6.07, 6.45) is -4.38. The van der Waals surface area contributed by atoms with Crippen molar-refractivity contribution in [2.24, 2.45) is 0 Å². The highest BCUT2D eigenvalue weighted by molar-refractivity contribution is 7.98. The van der Waals surface area contributed by atoms with E-state index < -0.39 is 11.7 Å². The minimum atomic E-state index is -4.38. The number of hydrogen-bond acceptors (Lipinski definition) is 2. The van der Waals surface area contributed by atoms with Crippen molar-refractivity contribution in [2.75, 3.05) is 5.73 Å². The summed E-state index contributed by atoms with van der Waals surface area (Å²) in [6.45, 7) is 1.94. The third-order valence-electron chi connectivity index (χ3n) is 2.92. The summed E-state index contributed by atoms with van der Waals surface area (Å²) in [5.41, 5.74) is 6.23. The maximum atomic E-state index is 13.0. The molecular formula is C15H14F3NS. The second-order valence-corrected chi connectivity index (χ2v) is 5.49. The maximum Gasteiger partial charge on any atom is 0.416 e. The van der Waals surface area contributed by atoms with Gasteiger partial charge in [-0.3, -0.25) is 0 Å². The molecule has 0 heterocycles. The molecule has 0 aliphatic rings. The summed E-state index contributed by atoms with van der Waals surface area (Å²) in [5, 5.41) is 0. The molecule has 0 saturated carbocycles. The van der Waals surface area contributed by atoms with Crippen molar-refractivity contribution in [2.45, 2.75) is 23.7 Å². The number of anilines is 1. The van der Waals surface area contributed by atoms with Crippen molar-refractivity contribution in [3.8, 4) is 0 Å². The van der Waals surface area contributed by atoms with Crippen molar-refractivity contribution in [1.29, 1.82) is 0 Å². The molecule has 0 fully saturated rings. The van der Waals surface area contributed by atoms with E-state index in [1.165, 1.54) is 23.9 Å². The van der Waals surface area contributed by atoms with Crippen LogP contribution in [0.2, 0.25) is 0 Å². The minimum Gasteiger partial charge on any atom is -0.399 e. The topological polar surface area (TPSA) is 26.0 Å². The first-order chi connectivity index (χ1) is 9.38. The van der Waals surface area contributed by atoms with E-state index in [2.05, 4.69) is 0 Å². The Morgan fingerprint density at radius 3 is 2.45 bits per heavy atom. The first-order valence-electron chi connectivity index (χ1n) is 6.02. The summed E-state index contributed by atoms with van der Waals surface area (Å²) >= 11 is 1.40. The van der Waals surface area contributed by atoms with Gasteiger partial charge in [0, 0.05) is 16.3 Å². The van der Waals surface area contributed by atoms with E-state index in [9.17, 15) is 13.2 Å². The van der Waals surface area contributed by atoms with E-state index in [0.29, 0.717) is 0 Å². The van der Waals surface area contributed by atoms with Gasteiger partial charge in [-0.1, -0.05) is 24.3 Å². The van der Waals surface area contributed by atoms with Crippen LogP contribution in [0.3, 0.4) is 0 Å². The highest BCUT2D eigenvalue weighted by atomic mass is 32.2. The van der Waals surface area contributed by atoms with Crippen molar-refractivity contribution < 1.29 is 13.2 Å². The monoisotopic (exact) mass is 297 g/mol. The third-order valence-corrected chi connectivity index (χ3v) is 4.14. The molecule has 1 nitrogen and oxygen atoms in total. The molecule has 0 spiro atoms. The lowest BCUT2D eigenvalue weighted by molar-refractivity contribution is -0.138. The average Bonchev–Trinajstić information content (AvgIpc) is 2.38. The number of nitrogens with two attached hydrogens (primary N) is 1. The van der Waals surface area contributed by atoms with Crippen LogP contribution in [0.4, 0.5) is 18.9 Å². The van der Waals surface area contributed by atoms with Gasteiger partial charge in [-0.05, 0) is 36.2 Å². The molecule has 2 rings (SSSR count). The Balaban J connectivity index is 2.24. The van der Waals surface area contributed by atoms with Crippen molar-refractivity contribution in [1.82, 2.24) is 0 Å². The van der Waals surface area contributed by atoms with Crippen LogP contribution in [0, 0.1) is 6.92 Å². The van der Waals surface area contributed by atoms with Gasteiger partial charge in [0.1, 0.15) is 0 Å². The summed E-state index contributed by atoms with van der Waals surface area (Å²) < 4.78 is 38.9. The standard InChI is InChI=1S/C15H14F3NS/c1-10-4-2-3-5-14(10)20-9-11-6-7-12(19)8-13(11)15(16,17)18/h2-8H,9,19H2,1H3. The van der Waals surface area contributed by atoms with Gasteiger partial charge in [-0.15, -0.1) is 11.8 Å². The largest absolute Gasteiger partial charge is 0.416 e. The van der Waals surface area contributed by atoms with Gasteiger partial charge in [0.15, 0.2) is 0 Å². The predicted molar refractivity (Wildman–Crippen MR) is 76.6 cm³/mol. The fourth-order valence-corrected chi connectivity index (χ4v) is 2.89. The van der Waals surface area contributed by atoms with E-state index in [1.807, 2.05) is 31.2 Å². The molecular weight excluding hydrogens is 283 g/mol. The van der Waals surface area contributed by atoms with Gasteiger partial charge >= 0.3 is 6.18 Å². The van der Waals surface area contributed by atoms with Gasteiger partial charge in [0.25, 0.3) is 0 Å². The third kappa shape index (κ3) is 3.48. The molecule has 0 saturated heterocycles. The number of nitrogen functional groups attached to an aromatic ring is 1. The summed E-state index contributed by atoms with van der Waals surface area (Å²) in [5.74, 6) is 0.264.